The maximum absolute atomic E-state index is 14.0. The Labute approximate surface area is 199 Å². The zero-order valence-corrected chi connectivity index (χ0v) is 18.9. The van der Waals surface area contributed by atoms with Crippen molar-refractivity contribution in [2.75, 3.05) is 12.4 Å². The van der Waals surface area contributed by atoms with Crippen LogP contribution in [0.1, 0.15) is 37.7 Å². The molecule has 2 heterocycles. The molecule has 0 unspecified atom stereocenters. The van der Waals surface area contributed by atoms with Crippen LogP contribution in [-0.2, 0) is 6.18 Å². The molecule has 5 rings (SSSR count). The second-order valence-corrected chi connectivity index (χ2v) is 8.54. The average Bonchev–Trinajstić information content (AvgIpc) is 3.23. The molecule has 1 aliphatic carbocycles. The van der Waals surface area contributed by atoms with Gasteiger partial charge in [0.2, 0.25) is 5.95 Å². The lowest BCUT2D eigenvalue weighted by molar-refractivity contribution is -0.139. The molecule has 1 aliphatic rings. The van der Waals surface area contributed by atoms with Gasteiger partial charge in [-0.05, 0) is 49.2 Å². The van der Waals surface area contributed by atoms with Gasteiger partial charge in [-0.1, -0.05) is 19.3 Å². The summed E-state index contributed by atoms with van der Waals surface area (Å²) in [5.74, 6) is 0.267. The van der Waals surface area contributed by atoms with Gasteiger partial charge in [-0.15, -0.1) is 0 Å². The molecule has 2 aromatic heterocycles. The fraction of sp³-hybridized carbons (Fsp3) is 0.320. The van der Waals surface area contributed by atoms with Crippen molar-refractivity contribution < 1.29 is 22.3 Å². The molecule has 1 N–H and O–H groups in total. The second kappa shape index (κ2) is 9.16. The summed E-state index contributed by atoms with van der Waals surface area (Å²) in [4.78, 5) is 13.6. The van der Waals surface area contributed by atoms with Crippen molar-refractivity contribution >= 4 is 17.0 Å². The van der Waals surface area contributed by atoms with Gasteiger partial charge in [-0.2, -0.15) is 18.2 Å². The summed E-state index contributed by atoms with van der Waals surface area (Å²) in [5.41, 5.74) is -0.138. The van der Waals surface area contributed by atoms with Crippen molar-refractivity contribution in [3.8, 4) is 23.0 Å². The molecular weight excluding hydrogens is 462 g/mol. The minimum Gasteiger partial charge on any atom is -0.497 e. The van der Waals surface area contributed by atoms with Gasteiger partial charge in [0.25, 0.3) is 0 Å². The topological polar surface area (TPSA) is 64.9 Å². The summed E-state index contributed by atoms with van der Waals surface area (Å²) in [6.07, 6.45) is 2.31. The van der Waals surface area contributed by atoms with E-state index in [9.17, 15) is 17.6 Å². The van der Waals surface area contributed by atoms with Crippen LogP contribution in [-0.4, -0.2) is 32.7 Å². The molecule has 0 atom stereocenters. The molecule has 0 amide bonds. The highest BCUT2D eigenvalue weighted by Gasteiger charge is 2.34. The fourth-order valence-electron chi connectivity index (χ4n) is 4.47. The van der Waals surface area contributed by atoms with Crippen molar-refractivity contribution in [2.45, 2.75) is 44.3 Å². The Bertz CT molecular complexity index is 1360. The van der Waals surface area contributed by atoms with Crippen LogP contribution in [0.15, 0.2) is 48.7 Å². The van der Waals surface area contributed by atoms with Gasteiger partial charge >= 0.3 is 6.18 Å². The lowest BCUT2D eigenvalue weighted by Gasteiger charge is -2.22. The number of benzene rings is 2. The molecular formula is C25H23F4N5O. The van der Waals surface area contributed by atoms with Crippen LogP contribution in [0.4, 0.5) is 23.5 Å². The van der Waals surface area contributed by atoms with Crippen LogP contribution in [0.3, 0.4) is 0 Å². The molecule has 1 saturated carbocycles. The highest BCUT2D eigenvalue weighted by atomic mass is 19.4. The van der Waals surface area contributed by atoms with E-state index in [0.717, 1.165) is 37.8 Å². The van der Waals surface area contributed by atoms with E-state index in [1.807, 2.05) is 0 Å². The molecule has 35 heavy (non-hydrogen) atoms. The number of halogens is 4. The third kappa shape index (κ3) is 4.65. The van der Waals surface area contributed by atoms with Crippen molar-refractivity contribution in [2.24, 2.45) is 0 Å². The van der Waals surface area contributed by atoms with E-state index in [1.165, 1.54) is 19.6 Å². The number of aromatic nitrogens is 4. The van der Waals surface area contributed by atoms with E-state index in [2.05, 4.69) is 20.3 Å². The molecule has 10 heteroatoms. The van der Waals surface area contributed by atoms with Crippen LogP contribution in [0.5, 0.6) is 5.75 Å². The summed E-state index contributed by atoms with van der Waals surface area (Å²) in [6, 6.07) is 9.97. The minimum atomic E-state index is -4.84. The van der Waals surface area contributed by atoms with Crippen LogP contribution >= 0.6 is 0 Å². The standard InChI is InChI=1S/C25H23F4N5O/c1-35-17-8-10-21-20(14-17)32-23(15-7-9-19(26)18(13-15)25(27,28)29)34(21)22-11-12-30-24(33-22)31-16-5-3-2-4-6-16/h7-14,16H,2-6H2,1H3,(H,30,31,33). The van der Waals surface area contributed by atoms with Crippen molar-refractivity contribution in [1.82, 2.24) is 19.5 Å². The van der Waals surface area contributed by atoms with E-state index < -0.39 is 17.6 Å². The Morgan fingerprint density at radius 1 is 1.00 bits per heavy atom. The third-order valence-electron chi connectivity index (χ3n) is 6.20. The predicted molar refractivity (Wildman–Crippen MR) is 124 cm³/mol. The number of imidazole rings is 1. The van der Waals surface area contributed by atoms with Gasteiger partial charge in [0.15, 0.2) is 0 Å². The molecule has 4 aromatic rings. The van der Waals surface area contributed by atoms with Gasteiger partial charge in [-0.3, -0.25) is 4.57 Å². The Morgan fingerprint density at radius 2 is 1.80 bits per heavy atom. The van der Waals surface area contributed by atoms with Gasteiger partial charge in [0.1, 0.15) is 23.2 Å². The zero-order chi connectivity index (χ0) is 24.6. The Balaban J connectivity index is 1.65. The summed E-state index contributed by atoms with van der Waals surface area (Å²) in [6.45, 7) is 0. The van der Waals surface area contributed by atoms with Crippen LogP contribution in [0.25, 0.3) is 28.2 Å². The quantitative estimate of drug-likeness (QED) is 0.332. The summed E-state index contributed by atoms with van der Waals surface area (Å²) < 4.78 is 61.2. The number of nitrogens with one attached hydrogen (secondary N) is 1. The molecule has 0 aliphatic heterocycles. The SMILES string of the molecule is COc1ccc2c(c1)nc(-c1ccc(F)c(C(F)(F)F)c1)n2-c1ccnc(NC2CCCCC2)n1. The fourth-order valence-corrected chi connectivity index (χ4v) is 4.47. The zero-order valence-electron chi connectivity index (χ0n) is 18.9. The molecule has 182 valence electrons. The van der Waals surface area contributed by atoms with E-state index in [-0.39, 0.29) is 17.4 Å². The summed E-state index contributed by atoms with van der Waals surface area (Å²) >= 11 is 0. The number of nitrogens with zero attached hydrogens (tertiary/aromatic N) is 4. The number of alkyl halides is 3. The van der Waals surface area contributed by atoms with Crippen molar-refractivity contribution in [3.05, 3.63) is 60.0 Å². The monoisotopic (exact) mass is 485 g/mol. The number of hydrogen-bond donors (Lipinski definition) is 1. The van der Waals surface area contributed by atoms with Crippen molar-refractivity contribution in [1.29, 1.82) is 0 Å². The first kappa shape index (κ1) is 23.1. The van der Waals surface area contributed by atoms with Gasteiger partial charge in [0, 0.05) is 23.9 Å². The van der Waals surface area contributed by atoms with Gasteiger partial charge in [0.05, 0.1) is 23.7 Å². The average molecular weight is 485 g/mol. The van der Waals surface area contributed by atoms with E-state index in [4.69, 9.17) is 4.74 Å². The highest BCUT2D eigenvalue weighted by Crippen LogP contribution is 2.36. The van der Waals surface area contributed by atoms with Crippen LogP contribution < -0.4 is 10.1 Å². The second-order valence-electron chi connectivity index (χ2n) is 8.54. The Kier molecular flexibility index (Phi) is 6.04. The molecule has 0 radical (unpaired) electrons. The number of rotatable bonds is 5. The number of hydrogen-bond acceptors (Lipinski definition) is 5. The van der Waals surface area contributed by atoms with Crippen molar-refractivity contribution in [3.63, 3.8) is 0 Å². The Hall–Kier alpha value is -3.69. The number of anilines is 1. The van der Waals surface area contributed by atoms with E-state index >= 15 is 0 Å². The molecule has 6 nitrogen and oxygen atoms in total. The number of methoxy groups -OCH3 is 1. The minimum absolute atomic E-state index is 0.106. The Morgan fingerprint density at radius 3 is 2.54 bits per heavy atom. The summed E-state index contributed by atoms with van der Waals surface area (Å²) in [5, 5.41) is 3.37. The first-order chi connectivity index (χ1) is 16.8. The maximum Gasteiger partial charge on any atom is 0.419 e. The van der Waals surface area contributed by atoms with Crippen LogP contribution in [0.2, 0.25) is 0 Å². The first-order valence-corrected chi connectivity index (χ1v) is 11.4. The van der Waals surface area contributed by atoms with Crippen LogP contribution in [0, 0.1) is 5.82 Å². The predicted octanol–water partition coefficient (Wildman–Crippen LogP) is 6.39. The molecule has 2 aromatic carbocycles. The molecule has 0 spiro atoms. The lowest BCUT2D eigenvalue weighted by atomic mass is 9.96. The van der Waals surface area contributed by atoms with Gasteiger partial charge < -0.3 is 10.1 Å². The highest BCUT2D eigenvalue weighted by molar-refractivity contribution is 5.84. The van der Waals surface area contributed by atoms with Gasteiger partial charge in [-0.25, -0.2) is 14.4 Å². The van der Waals surface area contributed by atoms with E-state index in [1.54, 1.807) is 35.0 Å². The molecule has 0 bridgehead atoms. The molecule has 1 fully saturated rings. The smallest absolute Gasteiger partial charge is 0.419 e. The first-order valence-electron chi connectivity index (χ1n) is 11.4. The normalized spacial score (nSPS) is 14.9. The number of fused-ring (bicyclic) bond motifs is 1. The lowest BCUT2D eigenvalue weighted by Crippen LogP contribution is -2.23. The molecule has 0 saturated heterocycles. The summed E-state index contributed by atoms with van der Waals surface area (Å²) in [7, 11) is 1.52. The largest absolute Gasteiger partial charge is 0.497 e. The third-order valence-corrected chi connectivity index (χ3v) is 6.20. The maximum atomic E-state index is 14.0. The van der Waals surface area contributed by atoms with E-state index in [0.29, 0.717) is 28.5 Å². The number of ether oxygens (including phenoxy) is 1.